The average Bonchev–Trinajstić information content (AvgIpc) is 2.52. The first-order valence-corrected chi connectivity index (χ1v) is 6.37. The molecule has 0 aromatic carbocycles. The number of methoxy groups -OCH3 is 1. The zero-order chi connectivity index (χ0) is 12.7. The summed E-state index contributed by atoms with van der Waals surface area (Å²) in [6, 6.07) is -0.111. The Bertz CT molecular complexity index is 232. The van der Waals surface area contributed by atoms with Crippen LogP contribution in [0.2, 0.25) is 0 Å². The van der Waals surface area contributed by atoms with Gasteiger partial charge in [-0.1, -0.05) is 19.3 Å². The van der Waals surface area contributed by atoms with Crippen LogP contribution in [-0.4, -0.2) is 42.9 Å². The van der Waals surface area contributed by atoms with E-state index < -0.39 is 6.10 Å². The molecule has 0 heterocycles. The van der Waals surface area contributed by atoms with Gasteiger partial charge >= 0.3 is 0 Å². The van der Waals surface area contributed by atoms with Crippen molar-refractivity contribution in [1.29, 1.82) is 0 Å². The fourth-order valence-corrected chi connectivity index (χ4v) is 2.19. The van der Waals surface area contributed by atoms with Crippen LogP contribution in [0.5, 0.6) is 0 Å². The second-order valence-electron chi connectivity index (χ2n) is 4.68. The topological polar surface area (TPSA) is 84.6 Å². The standard InChI is InChI=1S/C12H24N2O3/c1-17-9(8-13)7-12(16)14-10-5-3-2-4-6-11(10)15/h9-11,15H,2-8,13H2,1H3,(H,14,16). The van der Waals surface area contributed by atoms with Crippen molar-refractivity contribution in [2.45, 2.75) is 56.8 Å². The van der Waals surface area contributed by atoms with Crippen LogP contribution in [0.15, 0.2) is 0 Å². The zero-order valence-corrected chi connectivity index (χ0v) is 10.5. The van der Waals surface area contributed by atoms with Crippen molar-refractivity contribution in [2.75, 3.05) is 13.7 Å². The van der Waals surface area contributed by atoms with E-state index >= 15 is 0 Å². The van der Waals surface area contributed by atoms with Crippen molar-refractivity contribution in [3.05, 3.63) is 0 Å². The highest BCUT2D eigenvalue weighted by molar-refractivity contribution is 5.76. The lowest BCUT2D eigenvalue weighted by Gasteiger charge is -2.22. The van der Waals surface area contributed by atoms with Gasteiger partial charge in [-0.15, -0.1) is 0 Å². The largest absolute Gasteiger partial charge is 0.391 e. The van der Waals surface area contributed by atoms with Gasteiger partial charge in [0.2, 0.25) is 5.91 Å². The van der Waals surface area contributed by atoms with Crippen molar-refractivity contribution in [2.24, 2.45) is 5.73 Å². The van der Waals surface area contributed by atoms with E-state index in [2.05, 4.69) is 5.32 Å². The molecule has 1 rings (SSSR count). The summed E-state index contributed by atoms with van der Waals surface area (Å²) in [4.78, 5) is 11.7. The number of hydrogen-bond donors (Lipinski definition) is 3. The first-order valence-electron chi connectivity index (χ1n) is 6.37. The number of rotatable bonds is 5. The van der Waals surface area contributed by atoms with E-state index in [0.717, 1.165) is 32.1 Å². The molecule has 3 atom stereocenters. The first kappa shape index (κ1) is 14.4. The van der Waals surface area contributed by atoms with Gasteiger partial charge in [0.05, 0.1) is 24.7 Å². The number of ether oxygens (including phenoxy) is 1. The van der Waals surface area contributed by atoms with Gasteiger partial charge in [0, 0.05) is 13.7 Å². The fraction of sp³-hybridized carbons (Fsp3) is 0.917. The predicted molar refractivity (Wildman–Crippen MR) is 65.5 cm³/mol. The highest BCUT2D eigenvalue weighted by atomic mass is 16.5. The van der Waals surface area contributed by atoms with E-state index in [4.69, 9.17) is 10.5 Å². The maximum Gasteiger partial charge on any atom is 0.222 e. The molecule has 1 amide bonds. The summed E-state index contributed by atoms with van der Waals surface area (Å²) in [6.07, 6.45) is 4.47. The summed E-state index contributed by atoms with van der Waals surface area (Å²) < 4.78 is 5.06. The third-order valence-electron chi connectivity index (χ3n) is 3.34. The number of nitrogens with two attached hydrogens (primary N) is 1. The molecular formula is C12H24N2O3. The van der Waals surface area contributed by atoms with Crippen LogP contribution in [0, 0.1) is 0 Å². The van der Waals surface area contributed by atoms with Crippen LogP contribution in [0.4, 0.5) is 0 Å². The molecule has 0 radical (unpaired) electrons. The Morgan fingerprint density at radius 1 is 1.47 bits per heavy atom. The first-order chi connectivity index (χ1) is 8.17. The third kappa shape index (κ3) is 5.02. The Morgan fingerprint density at radius 2 is 2.18 bits per heavy atom. The van der Waals surface area contributed by atoms with Crippen molar-refractivity contribution in [3.8, 4) is 0 Å². The van der Waals surface area contributed by atoms with Gasteiger partial charge in [0.1, 0.15) is 0 Å². The van der Waals surface area contributed by atoms with Crippen LogP contribution < -0.4 is 11.1 Å². The van der Waals surface area contributed by atoms with E-state index in [1.54, 1.807) is 7.11 Å². The van der Waals surface area contributed by atoms with Crippen molar-refractivity contribution < 1.29 is 14.6 Å². The molecule has 1 saturated carbocycles. The van der Waals surface area contributed by atoms with Crippen LogP contribution in [0.3, 0.4) is 0 Å². The molecule has 0 spiro atoms. The Balaban J connectivity index is 2.37. The lowest BCUT2D eigenvalue weighted by atomic mass is 10.1. The molecule has 0 saturated heterocycles. The Hall–Kier alpha value is -0.650. The van der Waals surface area contributed by atoms with Crippen LogP contribution in [-0.2, 0) is 9.53 Å². The number of hydrogen-bond acceptors (Lipinski definition) is 4. The average molecular weight is 244 g/mol. The second-order valence-corrected chi connectivity index (χ2v) is 4.68. The molecular weight excluding hydrogens is 220 g/mol. The summed E-state index contributed by atoms with van der Waals surface area (Å²) in [5.41, 5.74) is 5.46. The van der Waals surface area contributed by atoms with Gasteiger partial charge in [-0.2, -0.15) is 0 Å². The molecule has 0 aromatic rings. The Kier molecular flexibility index (Phi) is 6.47. The van der Waals surface area contributed by atoms with Crippen molar-refractivity contribution in [1.82, 2.24) is 5.32 Å². The fourth-order valence-electron chi connectivity index (χ4n) is 2.19. The monoisotopic (exact) mass is 244 g/mol. The second kappa shape index (κ2) is 7.63. The third-order valence-corrected chi connectivity index (χ3v) is 3.34. The summed E-state index contributed by atoms with van der Waals surface area (Å²) in [7, 11) is 1.55. The molecule has 0 aromatic heterocycles. The highest BCUT2D eigenvalue weighted by Gasteiger charge is 2.23. The van der Waals surface area contributed by atoms with Gasteiger partial charge < -0.3 is 20.9 Å². The molecule has 1 aliphatic carbocycles. The van der Waals surface area contributed by atoms with E-state index in [1.165, 1.54) is 0 Å². The minimum atomic E-state index is -0.416. The van der Waals surface area contributed by atoms with Gasteiger partial charge in [-0.25, -0.2) is 0 Å². The predicted octanol–water partition coefficient (Wildman–Crippen LogP) is 0.160. The number of aliphatic hydroxyl groups is 1. The molecule has 17 heavy (non-hydrogen) atoms. The number of carbonyl (C=O) groups is 1. The van der Waals surface area contributed by atoms with Gasteiger partial charge in [-0.05, 0) is 12.8 Å². The number of aliphatic hydroxyl groups excluding tert-OH is 1. The quantitative estimate of drug-likeness (QED) is 0.601. The zero-order valence-electron chi connectivity index (χ0n) is 10.5. The minimum absolute atomic E-state index is 0.0896. The molecule has 100 valence electrons. The Labute approximate surface area is 103 Å². The van der Waals surface area contributed by atoms with Crippen molar-refractivity contribution in [3.63, 3.8) is 0 Å². The molecule has 1 fully saturated rings. The number of amides is 1. The molecule has 1 aliphatic rings. The number of carbonyl (C=O) groups excluding carboxylic acids is 1. The number of nitrogens with one attached hydrogen (secondary N) is 1. The lowest BCUT2D eigenvalue weighted by Crippen LogP contribution is -2.44. The van der Waals surface area contributed by atoms with E-state index in [1.807, 2.05) is 0 Å². The molecule has 3 unspecified atom stereocenters. The normalized spacial score (nSPS) is 27.2. The maximum absolute atomic E-state index is 11.7. The van der Waals surface area contributed by atoms with Gasteiger partial charge in [-0.3, -0.25) is 4.79 Å². The smallest absolute Gasteiger partial charge is 0.222 e. The van der Waals surface area contributed by atoms with E-state index in [-0.39, 0.29) is 24.5 Å². The molecule has 5 nitrogen and oxygen atoms in total. The highest BCUT2D eigenvalue weighted by Crippen LogP contribution is 2.18. The van der Waals surface area contributed by atoms with Gasteiger partial charge in [0.25, 0.3) is 0 Å². The van der Waals surface area contributed by atoms with E-state index in [0.29, 0.717) is 6.54 Å². The lowest BCUT2D eigenvalue weighted by molar-refractivity contribution is -0.125. The summed E-state index contributed by atoms with van der Waals surface area (Å²) in [5, 5.41) is 12.8. The molecule has 0 aliphatic heterocycles. The van der Waals surface area contributed by atoms with Crippen LogP contribution in [0.25, 0.3) is 0 Å². The summed E-state index contributed by atoms with van der Waals surface area (Å²) in [5.74, 6) is -0.0896. The van der Waals surface area contributed by atoms with Gasteiger partial charge in [0.15, 0.2) is 0 Å². The molecule has 5 heteroatoms. The van der Waals surface area contributed by atoms with E-state index in [9.17, 15) is 9.90 Å². The summed E-state index contributed by atoms with van der Waals surface area (Å²) in [6.45, 7) is 0.330. The molecule has 0 bridgehead atoms. The maximum atomic E-state index is 11.7. The Morgan fingerprint density at radius 3 is 2.82 bits per heavy atom. The molecule has 4 N–H and O–H groups in total. The summed E-state index contributed by atoms with van der Waals surface area (Å²) >= 11 is 0. The van der Waals surface area contributed by atoms with Crippen LogP contribution in [0.1, 0.15) is 38.5 Å². The SMILES string of the molecule is COC(CN)CC(=O)NC1CCCCCC1O. The van der Waals surface area contributed by atoms with Crippen LogP contribution >= 0.6 is 0 Å². The minimum Gasteiger partial charge on any atom is -0.391 e. The van der Waals surface area contributed by atoms with Crippen molar-refractivity contribution >= 4 is 5.91 Å².